The number of likely N-dealkylation sites (N-methyl/N-ethyl adjacent to an activating group) is 1. The van der Waals surface area contributed by atoms with Gasteiger partial charge in [-0.3, -0.25) is 14.5 Å². The van der Waals surface area contributed by atoms with Gasteiger partial charge in [0.2, 0.25) is 5.91 Å². The van der Waals surface area contributed by atoms with Gasteiger partial charge in [0.15, 0.2) is 0 Å². The Balaban J connectivity index is 1.80. The zero-order valence-electron chi connectivity index (χ0n) is 12.1. The Morgan fingerprint density at radius 3 is 2.37 bits per heavy atom. The lowest BCUT2D eigenvalue weighted by atomic mass is 10.1. The molecule has 0 aromatic rings. The Hall–Kier alpha value is -1.10. The van der Waals surface area contributed by atoms with Crippen LogP contribution in [-0.4, -0.2) is 47.6 Å². The summed E-state index contributed by atoms with van der Waals surface area (Å²) >= 11 is 0. The fourth-order valence-electron chi connectivity index (χ4n) is 2.93. The first-order valence-corrected chi connectivity index (χ1v) is 6.99. The Labute approximate surface area is 114 Å². The van der Waals surface area contributed by atoms with E-state index in [0.717, 1.165) is 0 Å². The zero-order valence-corrected chi connectivity index (χ0v) is 12.1. The average molecular weight is 268 g/mol. The smallest absolute Gasteiger partial charge is 0.307 e. The van der Waals surface area contributed by atoms with E-state index in [1.165, 1.54) is 12.8 Å². The molecule has 0 aliphatic heterocycles. The SMILES string of the molecule is CC(CNC(=O)[C@H]1[C@@H](C(=O)O)C1(C)C)N(C)C1CC1. The van der Waals surface area contributed by atoms with Gasteiger partial charge in [0, 0.05) is 18.6 Å². The number of nitrogens with one attached hydrogen (secondary N) is 1. The molecule has 2 N–H and O–H groups in total. The van der Waals surface area contributed by atoms with E-state index >= 15 is 0 Å². The molecule has 5 heteroatoms. The number of carboxylic acids is 1. The first-order chi connectivity index (χ1) is 8.76. The number of rotatable bonds is 6. The predicted molar refractivity (Wildman–Crippen MR) is 71.7 cm³/mol. The molecule has 1 unspecified atom stereocenters. The third kappa shape index (κ3) is 2.76. The number of nitrogens with zero attached hydrogens (tertiary/aromatic N) is 1. The van der Waals surface area contributed by atoms with Crippen molar-refractivity contribution in [3.05, 3.63) is 0 Å². The molecule has 5 nitrogen and oxygen atoms in total. The Morgan fingerprint density at radius 2 is 1.95 bits per heavy atom. The molecule has 2 saturated carbocycles. The van der Waals surface area contributed by atoms with Gasteiger partial charge in [0.1, 0.15) is 0 Å². The second-order valence-corrected chi connectivity index (χ2v) is 6.61. The van der Waals surface area contributed by atoms with Gasteiger partial charge in [-0.25, -0.2) is 0 Å². The van der Waals surface area contributed by atoms with E-state index in [9.17, 15) is 9.59 Å². The molecule has 1 amide bonds. The van der Waals surface area contributed by atoms with Crippen molar-refractivity contribution < 1.29 is 14.7 Å². The molecule has 0 bridgehead atoms. The molecule has 19 heavy (non-hydrogen) atoms. The molecule has 108 valence electrons. The van der Waals surface area contributed by atoms with Gasteiger partial charge in [0.25, 0.3) is 0 Å². The summed E-state index contributed by atoms with van der Waals surface area (Å²) in [7, 11) is 2.08. The number of amides is 1. The van der Waals surface area contributed by atoms with Crippen molar-refractivity contribution in [2.45, 2.75) is 45.7 Å². The highest BCUT2D eigenvalue weighted by atomic mass is 16.4. The maximum absolute atomic E-state index is 12.1. The van der Waals surface area contributed by atoms with Gasteiger partial charge in [-0.05, 0) is 32.2 Å². The molecule has 0 spiro atoms. The van der Waals surface area contributed by atoms with E-state index in [2.05, 4.69) is 24.2 Å². The molecule has 0 aromatic carbocycles. The van der Waals surface area contributed by atoms with Crippen LogP contribution in [0.1, 0.15) is 33.6 Å². The quantitative estimate of drug-likeness (QED) is 0.752. The first-order valence-electron chi connectivity index (χ1n) is 6.99. The fraction of sp³-hybridized carbons (Fsp3) is 0.857. The molecule has 2 aliphatic carbocycles. The minimum Gasteiger partial charge on any atom is -0.481 e. The lowest BCUT2D eigenvalue weighted by molar-refractivity contribution is -0.140. The Kier molecular flexibility index (Phi) is 3.60. The molecular formula is C14H24N2O3. The molecule has 3 atom stereocenters. The van der Waals surface area contributed by atoms with Gasteiger partial charge in [-0.1, -0.05) is 13.8 Å². The number of carbonyl (C=O) groups is 2. The van der Waals surface area contributed by atoms with Crippen LogP contribution in [0.3, 0.4) is 0 Å². The summed E-state index contributed by atoms with van der Waals surface area (Å²) < 4.78 is 0. The molecule has 0 saturated heterocycles. The monoisotopic (exact) mass is 268 g/mol. The van der Waals surface area contributed by atoms with Gasteiger partial charge in [-0.15, -0.1) is 0 Å². The molecule has 0 radical (unpaired) electrons. The molecule has 0 heterocycles. The maximum Gasteiger partial charge on any atom is 0.307 e. The summed E-state index contributed by atoms with van der Waals surface area (Å²) in [6, 6.07) is 0.956. The largest absolute Gasteiger partial charge is 0.481 e. The summed E-state index contributed by atoms with van der Waals surface area (Å²) in [5.74, 6) is -1.91. The summed E-state index contributed by atoms with van der Waals surface area (Å²) in [5.41, 5.74) is -0.415. The zero-order chi connectivity index (χ0) is 14.4. The van der Waals surface area contributed by atoms with Crippen LogP contribution in [-0.2, 0) is 9.59 Å². The van der Waals surface area contributed by atoms with Gasteiger partial charge >= 0.3 is 5.97 Å². The van der Waals surface area contributed by atoms with E-state index in [1.807, 2.05) is 13.8 Å². The van der Waals surface area contributed by atoms with E-state index in [1.54, 1.807) is 0 Å². The van der Waals surface area contributed by atoms with Crippen molar-refractivity contribution >= 4 is 11.9 Å². The van der Waals surface area contributed by atoms with E-state index in [0.29, 0.717) is 18.6 Å². The van der Waals surface area contributed by atoms with Crippen LogP contribution in [0.5, 0.6) is 0 Å². The summed E-state index contributed by atoms with van der Waals surface area (Å²) in [6.45, 7) is 6.36. The number of carbonyl (C=O) groups excluding carboxylic acids is 1. The van der Waals surface area contributed by atoms with Crippen molar-refractivity contribution in [2.75, 3.05) is 13.6 Å². The number of carboxylic acid groups (broad SMARTS) is 1. The second kappa shape index (κ2) is 4.78. The highest BCUT2D eigenvalue weighted by Gasteiger charge is 2.65. The lowest BCUT2D eigenvalue weighted by Gasteiger charge is -2.24. The van der Waals surface area contributed by atoms with E-state index in [-0.39, 0.29) is 11.8 Å². The van der Waals surface area contributed by atoms with Crippen molar-refractivity contribution in [2.24, 2.45) is 17.3 Å². The Morgan fingerprint density at radius 1 is 1.37 bits per heavy atom. The number of hydrogen-bond donors (Lipinski definition) is 2. The van der Waals surface area contributed by atoms with Gasteiger partial charge in [0.05, 0.1) is 11.8 Å². The highest BCUT2D eigenvalue weighted by molar-refractivity contribution is 5.91. The van der Waals surface area contributed by atoms with Gasteiger partial charge < -0.3 is 10.4 Å². The fourth-order valence-corrected chi connectivity index (χ4v) is 2.93. The van der Waals surface area contributed by atoms with Crippen molar-refractivity contribution in [3.63, 3.8) is 0 Å². The second-order valence-electron chi connectivity index (χ2n) is 6.61. The van der Waals surface area contributed by atoms with E-state index in [4.69, 9.17) is 5.11 Å². The molecule has 2 rings (SSSR count). The third-order valence-electron chi connectivity index (χ3n) is 4.77. The molecule has 0 aromatic heterocycles. The van der Waals surface area contributed by atoms with Crippen molar-refractivity contribution in [3.8, 4) is 0 Å². The van der Waals surface area contributed by atoms with Crippen LogP contribution in [0.2, 0.25) is 0 Å². The normalized spacial score (nSPS) is 29.9. The topological polar surface area (TPSA) is 69.6 Å². The summed E-state index contributed by atoms with van der Waals surface area (Å²) in [4.78, 5) is 25.4. The third-order valence-corrected chi connectivity index (χ3v) is 4.77. The number of hydrogen-bond acceptors (Lipinski definition) is 3. The van der Waals surface area contributed by atoms with Crippen LogP contribution in [0, 0.1) is 17.3 Å². The van der Waals surface area contributed by atoms with Crippen LogP contribution in [0.15, 0.2) is 0 Å². The van der Waals surface area contributed by atoms with Gasteiger partial charge in [-0.2, -0.15) is 0 Å². The minimum absolute atomic E-state index is 0.117. The highest BCUT2D eigenvalue weighted by Crippen LogP contribution is 2.58. The standard InChI is InChI=1S/C14H24N2O3/c1-8(16(4)9-5-6-9)7-15-12(17)10-11(13(18)19)14(10,2)3/h8-11H,5-7H2,1-4H3,(H,15,17)(H,18,19)/t8?,10-,11+/m1/s1. The van der Waals surface area contributed by atoms with E-state index < -0.39 is 17.3 Å². The average Bonchev–Trinajstić information content (AvgIpc) is 3.19. The van der Waals surface area contributed by atoms with Crippen LogP contribution in [0.4, 0.5) is 0 Å². The Bertz CT molecular complexity index is 390. The van der Waals surface area contributed by atoms with Crippen LogP contribution >= 0.6 is 0 Å². The molecule has 2 aliphatic rings. The summed E-state index contributed by atoms with van der Waals surface area (Å²) in [5, 5.41) is 12.0. The molecule has 2 fully saturated rings. The van der Waals surface area contributed by atoms with Crippen LogP contribution < -0.4 is 5.32 Å². The minimum atomic E-state index is -0.867. The number of aliphatic carboxylic acids is 1. The first kappa shape index (κ1) is 14.3. The van der Waals surface area contributed by atoms with Crippen molar-refractivity contribution in [1.82, 2.24) is 10.2 Å². The van der Waals surface area contributed by atoms with Crippen molar-refractivity contribution in [1.29, 1.82) is 0 Å². The maximum atomic E-state index is 12.1. The molecular weight excluding hydrogens is 244 g/mol. The lowest BCUT2D eigenvalue weighted by Crippen LogP contribution is -2.42. The van der Waals surface area contributed by atoms with Crippen LogP contribution in [0.25, 0.3) is 0 Å². The summed E-state index contributed by atoms with van der Waals surface area (Å²) in [6.07, 6.45) is 2.48. The predicted octanol–water partition coefficient (Wildman–Crippen LogP) is 0.942.